The van der Waals surface area contributed by atoms with Crippen LogP contribution >= 0.6 is 11.3 Å². The van der Waals surface area contributed by atoms with Crippen molar-refractivity contribution in [2.24, 2.45) is 11.8 Å². The van der Waals surface area contributed by atoms with Gasteiger partial charge in [-0.2, -0.15) is 0 Å². The zero-order valence-corrected chi connectivity index (χ0v) is 14.7. The molecule has 2 aliphatic rings. The Hall–Kier alpha value is -0.610. The monoisotopic (exact) mass is 307 g/mol. The van der Waals surface area contributed by atoms with E-state index >= 15 is 0 Å². The van der Waals surface area contributed by atoms with E-state index in [1.807, 2.05) is 11.3 Å². The Morgan fingerprint density at radius 2 is 1.71 bits per heavy atom. The van der Waals surface area contributed by atoms with E-state index < -0.39 is 0 Å². The molecule has 0 aromatic carbocycles. The van der Waals surface area contributed by atoms with E-state index in [4.69, 9.17) is 4.98 Å². The SMILES string of the molecule is Cc1nc(N(CC2CC2)CC2CC2)sc1CNC(C)(C)C. The summed E-state index contributed by atoms with van der Waals surface area (Å²) in [7, 11) is 0. The van der Waals surface area contributed by atoms with Crippen molar-refractivity contribution in [1.82, 2.24) is 10.3 Å². The van der Waals surface area contributed by atoms with Gasteiger partial charge in [-0.15, -0.1) is 11.3 Å². The Labute approximate surface area is 133 Å². The average molecular weight is 308 g/mol. The van der Waals surface area contributed by atoms with Crippen LogP contribution < -0.4 is 10.2 Å². The normalized spacial score (nSPS) is 19.0. The van der Waals surface area contributed by atoms with Crippen molar-refractivity contribution in [3.05, 3.63) is 10.6 Å². The predicted molar refractivity (Wildman–Crippen MR) is 91.1 cm³/mol. The molecule has 0 radical (unpaired) electrons. The summed E-state index contributed by atoms with van der Waals surface area (Å²) in [5, 5.41) is 4.85. The number of hydrogen-bond donors (Lipinski definition) is 1. The van der Waals surface area contributed by atoms with E-state index in [1.54, 1.807) is 0 Å². The second-order valence-corrected chi connectivity index (χ2v) is 8.96. The van der Waals surface area contributed by atoms with E-state index in [9.17, 15) is 0 Å². The van der Waals surface area contributed by atoms with Crippen molar-refractivity contribution >= 4 is 16.5 Å². The summed E-state index contributed by atoms with van der Waals surface area (Å²) in [6.45, 7) is 12.2. The topological polar surface area (TPSA) is 28.2 Å². The number of aromatic nitrogens is 1. The maximum absolute atomic E-state index is 4.88. The zero-order chi connectivity index (χ0) is 15.0. The number of nitrogens with one attached hydrogen (secondary N) is 1. The summed E-state index contributed by atoms with van der Waals surface area (Å²) in [5.74, 6) is 1.87. The lowest BCUT2D eigenvalue weighted by atomic mass is 10.1. The molecule has 2 aliphatic carbocycles. The van der Waals surface area contributed by atoms with Crippen LogP contribution in [0.3, 0.4) is 0 Å². The molecule has 1 heterocycles. The number of aryl methyl sites for hydroxylation is 1. The quantitative estimate of drug-likeness (QED) is 0.826. The van der Waals surface area contributed by atoms with Crippen LogP contribution in [0, 0.1) is 18.8 Å². The maximum Gasteiger partial charge on any atom is 0.185 e. The Bertz CT molecular complexity index is 467. The van der Waals surface area contributed by atoms with Crippen molar-refractivity contribution < 1.29 is 0 Å². The Morgan fingerprint density at radius 3 is 2.19 bits per heavy atom. The molecule has 0 unspecified atom stereocenters. The molecule has 3 rings (SSSR count). The lowest BCUT2D eigenvalue weighted by Gasteiger charge is -2.21. The third kappa shape index (κ3) is 4.68. The molecule has 0 atom stereocenters. The maximum atomic E-state index is 4.88. The van der Waals surface area contributed by atoms with Crippen LogP contribution in [0.25, 0.3) is 0 Å². The van der Waals surface area contributed by atoms with Crippen LogP contribution in [0.15, 0.2) is 0 Å². The van der Waals surface area contributed by atoms with Crippen LogP contribution in [0.2, 0.25) is 0 Å². The van der Waals surface area contributed by atoms with Crippen molar-refractivity contribution in [2.75, 3.05) is 18.0 Å². The third-order valence-corrected chi connectivity index (χ3v) is 5.50. The molecule has 0 amide bonds. The summed E-state index contributed by atoms with van der Waals surface area (Å²) in [6, 6.07) is 0. The molecule has 1 aromatic heterocycles. The van der Waals surface area contributed by atoms with Gasteiger partial charge in [0.2, 0.25) is 0 Å². The molecule has 118 valence electrons. The predicted octanol–water partition coefficient (Wildman–Crippen LogP) is 3.97. The van der Waals surface area contributed by atoms with E-state index in [-0.39, 0.29) is 5.54 Å². The lowest BCUT2D eigenvalue weighted by Crippen LogP contribution is -2.34. The molecule has 0 aliphatic heterocycles. The molecule has 1 N–H and O–H groups in total. The summed E-state index contributed by atoms with van der Waals surface area (Å²) in [4.78, 5) is 8.85. The molecule has 4 heteroatoms. The van der Waals surface area contributed by atoms with Gasteiger partial charge in [-0.1, -0.05) is 0 Å². The third-order valence-electron chi connectivity index (χ3n) is 4.28. The van der Waals surface area contributed by atoms with Gasteiger partial charge in [0.15, 0.2) is 5.13 Å². The Balaban J connectivity index is 1.67. The van der Waals surface area contributed by atoms with Crippen molar-refractivity contribution in [1.29, 1.82) is 0 Å². The fourth-order valence-corrected chi connectivity index (χ4v) is 3.53. The van der Waals surface area contributed by atoms with E-state index in [2.05, 4.69) is 37.9 Å². The molecular weight excluding hydrogens is 278 g/mol. The first-order chi connectivity index (χ1) is 9.90. The zero-order valence-electron chi connectivity index (χ0n) is 13.9. The minimum Gasteiger partial charge on any atom is -0.348 e. The van der Waals surface area contributed by atoms with Crippen molar-refractivity contribution in [3.8, 4) is 0 Å². The number of hydrogen-bond acceptors (Lipinski definition) is 4. The lowest BCUT2D eigenvalue weighted by molar-refractivity contribution is 0.425. The Kier molecular flexibility index (Phi) is 4.28. The summed E-state index contributed by atoms with van der Waals surface area (Å²) in [6.07, 6.45) is 5.68. The number of thiazole rings is 1. The van der Waals surface area contributed by atoms with Gasteiger partial charge in [-0.25, -0.2) is 4.98 Å². The average Bonchev–Trinajstić information content (AvgIpc) is 3.28. The van der Waals surface area contributed by atoms with Gasteiger partial charge >= 0.3 is 0 Å². The molecule has 21 heavy (non-hydrogen) atoms. The van der Waals surface area contributed by atoms with Crippen molar-refractivity contribution in [3.63, 3.8) is 0 Å². The summed E-state index contributed by atoms with van der Waals surface area (Å²) in [5.41, 5.74) is 1.38. The molecule has 0 bridgehead atoms. The molecule has 2 fully saturated rings. The van der Waals surface area contributed by atoms with Crippen LogP contribution in [0.4, 0.5) is 5.13 Å². The highest BCUT2D eigenvalue weighted by molar-refractivity contribution is 7.15. The largest absolute Gasteiger partial charge is 0.348 e. The van der Waals surface area contributed by atoms with Crippen LogP contribution in [0.5, 0.6) is 0 Å². The second-order valence-electron chi connectivity index (χ2n) is 7.90. The molecule has 0 saturated heterocycles. The van der Waals surface area contributed by atoms with Crippen LogP contribution in [0.1, 0.15) is 57.0 Å². The standard InChI is InChI=1S/C17H29N3S/c1-12-15(9-18-17(2,3)4)21-16(19-12)20(10-13-5-6-13)11-14-7-8-14/h13-14,18H,5-11H2,1-4H3. The minimum atomic E-state index is 0.165. The fraction of sp³-hybridized carbons (Fsp3) is 0.824. The van der Waals surface area contributed by atoms with Gasteiger partial charge < -0.3 is 10.2 Å². The fourth-order valence-electron chi connectivity index (χ4n) is 2.51. The van der Waals surface area contributed by atoms with Gasteiger partial charge in [0.1, 0.15) is 0 Å². The summed E-state index contributed by atoms with van der Waals surface area (Å²) >= 11 is 1.90. The molecular formula is C17H29N3S. The second kappa shape index (κ2) is 5.88. The smallest absolute Gasteiger partial charge is 0.185 e. The van der Waals surface area contributed by atoms with Crippen LogP contribution in [-0.4, -0.2) is 23.6 Å². The number of anilines is 1. The number of rotatable bonds is 7. The molecule has 1 aromatic rings. The molecule has 0 spiro atoms. The van der Waals surface area contributed by atoms with Gasteiger partial charge in [0.05, 0.1) is 5.69 Å². The highest BCUT2D eigenvalue weighted by Gasteiger charge is 2.30. The Morgan fingerprint density at radius 1 is 1.14 bits per heavy atom. The first kappa shape index (κ1) is 15.3. The van der Waals surface area contributed by atoms with Crippen molar-refractivity contribution in [2.45, 2.75) is 65.5 Å². The first-order valence-electron chi connectivity index (χ1n) is 8.37. The highest BCUT2D eigenvalue weighted by atomic mass is 32.1. The van der Waals surface area contributed by atoms with E-state index in [1.165, 1.54) is 54.5 Å². The number of nitrogens with zero attached hydrogens (tertiary/aromatic N) is 2. The van der Waals surface area contributed by atoms with Gasteiger partial charge in [0, 0.05) is 30.1 Å². The molecule has 2 saturated carbocycles. The summed E-state index contributed by atoms with van der Waals surface area (Å²) < 4.78 is 0. The van der Waals surface area contributed by atoms with E-state index in [0.717, 1.165) is 18.4 Å². The van der Waals surface area contributed by atoms with Crippen LogP contribution in [-0.2, 0) is 6.54 Å². The van der Waals surface area contributed by atoms with Gasteiger partial charge in [-0.05, 0) is 65.2 Å². The van der Waals surface area contributed by atoms with Gasteiger partial charge in [-0.3, -0.25) is 0 Å². The molecule has 3 nitrogen and oxygen atoms in total. The minimum absolute atomic E-state index is 0.165. The van der Waals surface area contributed by atoms with Gasteiger partial charge in [0.25, 0.3) is 0 Å². The first-order valence-corrected chi connectivity index (χ1v) is 9.18. The highest BCUT2D eigenvalue weighted by Crippen LogP contribution is 2.37. The van der Waals surface area contributed by atoms with E-state index in [0.29, 0.717) is 0 Å².